The molecule has 2 heterocycles. The van der Waals surface area contributed by atoms with Crippen LogP contribution in [0.1, 0.15) is 37.0 Å². The highest BCUT2D eigenvalue weighted by molar-refractivity contribution is 14.1. The molecule has 3 aromatic rings. The SMILES string of the molecule is CCCNc1nc(SCCC)nc2c1cnn2CCNC(=O)c1ccccc1I. The van der Waals surface area contributed by atoms with Crippen LogP contribution in [0.3, 0.4) is 0 Å². The smallest absolute Gasteiger partial charge is 0.252 e. The second kappa shape index (κ2) is 10.8. The molecule has 1 aromatic carbocycles. The Labute approximate surface area is 188 Å². The van der Waals surface area contributed by atoms with E-state index in [0.29, 0.717) is 18.7 Å². The van der Waals surface area contributed by atoms with Gasteiger partial charge >= 0.3 is 0 Å². The molecular formula is C20H25IN6OS. The summed E-state index contributed by atoms with van der Waals surface area (Å²) in [4.78, 5) is 21.8. The van der Waals surface area contributed by atoms with E-state index in [9.17, 15) is 4.79 Å². The van der Waals surface area contributed by atoms with E-state index in [2.05, 4.69) is 57.2 Å². The van der Waals surface area contributed by atoms with E-state index in [1.165, 1.54) is 0 Å². The summed E-state index contributed by atoms with van der Waals surface area (Å²) in [6.45, 7) is 6.13. The monoisotopic (exact) mass is 524 g/mol. The number of rotatable bonds is 10. The Morgan fingerprint density at radius 2 is 2.00 bits per heavy atom. The highest BCUT2D eigenvalue weighted by atomic mass is 127. The van der Waals surface area contributed by atoms with E-state index in [1.54, 1.807) is 18.0 Å². The Morgan fingerprint density at radius 3 is 2.76 bits per heavy atom. The molecule has 0 radical (unpaired) electrons. The lowest BCUT2D eigenvalue weighted by Gasteiger charge is -2.10. The number of nitrogens with zero attached hydrogens (tertiary/aromatic N) is 4. The van der Waals surface area contributed by atoms with Crippen molar-refractivity contribution in [3.63, 3.8) is 0 Å². The fraction of sp³-hybridized carbons (Fsp3) is 0.400. The summed E-state index contributed by atoms with van der Waals surface area (Å²) in [5, 5.41) is 12.5. The maximum absolute atomic E-state index is 12.4. The number of carbonyl (C=O) groups is 1. The van der Waals surface area contributed by atoms with Crippen LogP contribution in [0.25, 0.3) is 11.0 Å². The molecule has 29 heavy (non-hydrogen) atoms. The molecule has 0 unspecified atom stereocenters. The van der Waals surface area contributed by atoms with Gasteiger partial charge in [0.2, 0.25) is 0 Å². The van der Waals surface area contributed by atoms with Crippen molar-refractivity contribution < 1.29 is 4.79 Å². The fourth-order valence-corrected chi connectivity index (χ4v) is 4.08. The molecule has 0 saturated carbocycles. The zero-order valence-electron chi connectivity index (χ0n) is 16.6. The van der Waals surface area contributed by atoms with Crippen molar-refractivity contribution >= 4 is 57.1 Å². The van der Waals surface area contributed by atoms with Crippen molar-refractivity contribution in [1.82, 2.24) is 25.1 Å². The predicted octanol–water partition coefficient (Wildman–Crippen LogP) is 4.18. The molecule has 0 aliphatic carbocycles. The van der Waals surface area contributed by atoms with Crippen molar-refractivity contribution in [2.75, 3.05) is 24.2 Å². The van der Waals surface area contributed by atoms with E-state index < -0.39 is 0 Å². The lowest BCUT2D eigenvalue weighted by atomic mass is 10.2. The molecule has 0 bridgehead atoms. The van der Waals surface area contributed by atoms with Crippen LogP contribution in [0.15, 0.2) is 35.6 Å². The molecule has 0 atom stereocenters. The first kappa shape index (κ1) is 21.8. The van der Waals surface area contributed by atoms with Crippen LogP contribution in [0.5, 0.6) is 0 Å². The first-order valence-corrected chi connectivity index (χ1v) is 11.8. The molecule has 0 aliphatic rings. The summed E-state index contributed by atoms with van der Waals surface area (Å²) >= 11 is 3.82. The minimum absolute atomic E-state index is 0.0782. The third-order valence-electron chi connectivity index (χ3n) is 4.18. The van der Waals surface area contributed by atoms with Gasteiger partial charge in [0.05, 0.1) is 23.7 Å². The molecule has 7 nitrogen and oxygen atoms in total. The minimum Gasteiger partial charge on any atom is -0.369 e. The molecule has 3 rings (SSSR count). The minimum atomic E-state index is -0.0782. The lowest BCUT2D eigenvalue weighted by Crippen LogP contribution is -2.28. The number of benzene rings is 1. The lowest BCUT2D eigenvalue weighted by molar-refractivity contribution is 0.0951. The second-order valence-electron chi connectivity index (χ2n) is 6.47. The van der Waals surface area contributed by atoms with Gasteiger partial charge in [-0.3, -0.25) is 4.79 Å². The molecule has 154 valence electrons. The van der Waals surface area contributed by atoms with Crippen LogP contribution in [0, 0.1) is 3.57 Å². The summed E-state index contributed by atoms with van der Waals surface area (Å²) in [5.41, 5.74) is 1.48. The van der Waals surface area contributed by atoms with Gasteiger partial charge in [-0.05, 0) is 47.6 Å². The third-order valence-corrected chi connectivity index (χ3v) is 6.17. The average Bonchev–Trinajstić information content (AvgIpc) is 3.13. The van der Waals surface area contributed by atoms with E-state index in [-0.39, 0.29) is 5.91 Å². The van der Waals surface area contributed by atoms with Gasteiger partial charge < -0.3 is 10.6 Å². The number of fused-ring (bicyclic) bond motifs is 1. The Balaban J connectivity index is 1.75. The van der Waals surface area contributed by atoms with Gasteiger partial charge in [-0.2, -0.15) is 5.10 Å². The van der Waals surface area contributed by atoms with Crippen molar-refractivity contribution in [3.8, 4) is 0 Å². The number of carbonyl (C=O) groups excluding carboxylic acids is 1. The maximum atomic E-state index is 12.4. The topological polar surface area (TPSA) is 84.7 Å². The van der Waals surface area contributed by atoms with Crippen LogP contribution >= 0.6 is 34.4 Å². The normalized spacial score (nSPS) is 11.0. The van der Waals surface area contributed by atoms with Gasteiger partial charge in [-0.1, -0.05) is 37.7 Å². The van der Waals surface area contributed by atoms with Gasteiger partial charge in [0, 0.05) is 22.4 Å². The molecule has 2 N–H and O–H groups in total. The van der Waals surface area contributed by atoms with E-state index in [1.807, 2.05) is 28.9 Å². The molecular weight excluding hydrogens is 499 g/mol. The van der Waals surface area contributed by atoms with Gasteiger partial charge in [0.15, 0.2) is 10.8 Å². The van der Waals surface area contributed by atoms with E-state index in [4.69, 9.17) is 4.98 Å². The highest BCUT2D eigenvalue weighted by Gasteiger charge is 2.14. The number of thioether (sulfide) groups is 1. The van der Waals surface area contributed by atoms with E-state index in [0.717, 1.165) is 50.7 Å². The van der Waals surface area contributed by atoms with E-state index >= 15 is 0 Å². The molecule has 0 fully saturated rings. The Kier molecular flexibility index (Phi) is 8.10. The molecule has 0 spiro atoms. The summed E-state index contributed by atoms with van der Waals surface area (Å²) < 4.78 is 2.77. The molecule has 1 amide bonds. The average molecular weight is 524 g/mol. The summed E-state index contributed by atoms with van der Waals surface area (Å²) in [7, 11) is 0. The number of aromatic nitrogens is 4. The Bertz CT molecular complexity index is 977. The fourth-order valence-electron chi connectivity index (χ4n) is 2.75. The first-order valence-electron chi connectivity index (χ1n) is 9.77. The van der Waals surface area contributed by atoms with Crippen molar-refractivity contribution in [2.45, 2.75) is 38.4 Å². The van der Waals surface area contributed by atoms with Crippen LogP contribution in [0.4, 0.5) is 5.82 Å². The number of nitrogens with one attached hydrogen (secondary N) is 2. The summed E-state index contributed by atoms with van der Waals surface area (Å²) in [5.74, 6) is 1.72. The highest BCUT2D eigenvalue weighted by Crippen LogP contribution is 2.24. The van der Waals surface area contributed by atoms with Crippen molar-refractivity contribution in [1.29, 1.82) is 0 Å². The zero-order chi connectivity index (χ0) is 20.6. The number of hydrogen-bond acceptors (Lipinski definition) is 6. The Hall–Kier alpha value is -1.88. The first-order chi connectivity index (χ1) is 14.1. The largest absolute Gasteiger partial charge is 0.369 e. The van der Waals surface area contributed by atoms with Crippen LogP contribution in [-0.2, 0) is 6.54 Å². The molecule has 2 aromatic heterocycles. The van der Waals surface area contributed by atoms with Crippen molar-refractivity contribution in [3.05, 3.63) is 39.6 Å². The predicted molar refractivity (Wildman–Crippen MR) is 127 cm³/mol. The maximum Gasteiger partial charge on any atom is 0.252 e. The molecule has 9 heteroatoms. The van der Waals surface area contributed by atoms with Gasteiger partial charge in [-0.25, -0.2) is 14.6 Å². The summed E-state index contributed by atoms with van der Waals surface area (Å²) in [6.07, 6.45) is 3.87. The van der Waals surface area contributed by atoms with Crippen LogP contribution < -0.4 is 10.6 Å². The second-order valence-corrected chi connectivity index (χ2v) is 8.70. The zero-order valence-corrected chi connectivity index (χ0v) is 19.6. The quantitative estimate of drug-likeness (QED) is 0.235. The molecule has 0 saturated heterocycles. The van der Waals surface area contributed by atoms with Crippen LogP contribution in [0.2, 0.25) is 0 Å². The molecule has 0 aliphatic heterocycles. The Morgan fingerprint density at radius 1 is 1.17 bits per heavy atom. The number of anilines is 1. The summed E-state index contributed by atoms with van der Waals surface area (Å²) in [6, 6.07) is 7.55. The van der Waals surface area contributed by atoms with Crippen LogP contribution in [-0.4, -0.2) is 44.5 Å². The number of amides is 1. The van der Waals surface area contributed by atoms with Gasteiger partial charge in [-0.15, -0.1) is 0 Å². The standard InChI is InChI=1S/C20H25IN6OS/c1-3-9-22-17-15-13-24-27(18(15)26-20(25-17)29-12-4-2)11-10-23-19(28)14-7-5-6-8-16(14)21/h5-8,13H,3-4,9-12H2,1-2H3,(H,23,28)(H,22,25,26). The van der Waals surface area contributed by atoms with Gasteiger partial charge in [0.25, 0.3) is 5.91 Å². The number of halogens is 1. The van der Waals surface area contributed by atoms with Gasteiger partial charge in [0.1, 0.15) is 5.82 Å². The van der Waals surface area contributed by atoms with Crippen molar-refractivity contribution in [2.24, 2.45) is 0 Å². The third kappa shape index (κ3) is 5.59. The number of hydrogen-bond donors (Lipinski definition) is 2.